The summed E-state index contributed by atoms with van der Waals surface area (Å²) in [6.07, 6.45) is 3.82. The molecule has 1 fully saturated rings. The van der Waals surface area contributed by atoms with Crippen molar-refractivity contribution < 1.29 is 19.1 Å². The summed E-state index contributed by atoms with van der Waals surface area (Å²) >= 11 is 0. The van der Waals surface area contributed by atoms with Crippen LogP contribution in [0.15, 0.2) is 54.6 Å². The summed E-state index contributed by atoms with van der Waals surface area (Å²) in [6, 6.07) is 15.5. The molecule has 1 aliphatic carbocycles. The van der Waals surface area contributed by atoms with Crippen molar-refractivity contribution in [2.24, 2.45) is 5.92 Å². The highest BCUT2D eigenvalue weighted by Crippen LogP contribution is 2.28. The molecule has 1 aliphatic rings. The number of carbonyl (C=O) groups is 2. The van der Waals surface area contributed by atoms with Crippen molar-refractivity contribution in [1.29, 1.82) is 0 Å². The minimum absolute atomic E-state index is 0.0619. The van der Waals surface area contributed by atoms with E-state index in [0.717, 1.165) is 25.7 Å². The highest BCUT2D eigenvalue weighted by atomic mass is 16.5. The van der Waals surface area contributed by atoms with Crippen LogP contribution in [-0.2, 0) is 4.79 Å². The van der Waals surface area contributed by atoms with Gasteiger partial charge in [-0.1, -0.05) is 43.2 Å². The maximum Gasteiger partial charge on any atom is 0.347 e. The van der Waals surface area contributed by atoms with Crippen LogP contribution >= 0.6 is 0 Å². The summed E-state index contributed by atoms with van der Waals surface area (Å²) < 4.78 is 10.8. The number of rotatable bonds is 4. The lowest BCUT2D eigenvalue weighted by molar-refractivity contribution is -0.138. The smallest absolute Gasteiger partial charge is 0.347 e. The third kappa shape index (κ3) is 3.77. The van der Waals surface area contributed by atoms with Gasteiger partial charge in [0.05, 0.1) is 5.92 Å². The number of para-hydroxylation sites is 2. The summed E-state index contributed by atoms with van der Waals surface area (Å²) in [5, 5.41) is 0. The first-order chi connectivity index (χ1) is 11.2. The molecule has 0 heterocycles. The van der Waals surface area contributed by atoms with Gasteiger partial charge in [-0.3, -0.25) is 4.79 Å². The second-order valence-corrected chi connectivity index (χ2v) is 5.60. The van der Waals surface area contributed by atoms with Crippen LogP contribution in [0.3, 0.4) is 0 Å². The number of carbonyl (C=O) groups excluding carboxylic acids is 2. The van der Waals surface area contributed by atoms with Gasteiger partial charge < -0.3 is 9.47 Å². The third-order valence-corrected chi connectivity index (χ3v) is 3.96. The monoisotopic (exact) mass is 310 g/mol. The van der Waals surface area contributed by atoms with Crippen molar-refractivity contribution in [1.82, 2.24) is 0 Å². The first kappa shape index (κ1) is 15.3. The van der Waals surface area contributed by atoms with Gasteiger partial charge in [0, 0.05) is 0 Å². The predicted molar refractivity (Wildman–Crippen MR) is 85.4 cm³/mol. The second-order valence-electron chi connectivity index (χ2n) is 5.60. The van der Waals surface area contributed by atoms with Gasteiger partial charge in [0.15, 0.2) is 0 Å². The fraction of sp³-hybridized carbons (Fsp3) is 0.263. The molecule has 23 heavy (non-hydrogen) atoms. The Hall–Kier alpha value is -2.62. The molecule has 0 bridgehead atoms. The van der Waals surface area contributed by atoms with Gasteiger partial charge in [-0.15, -0.1) is 0 Å². The van der Waals surface area contributed by atoms with Gasteiger partial charge in [0.25, 0.3) is 0 Å². The Morgan fingerprint density at radius 1 is 0.826 bits per heavy atom. The number of hydrogen-bond acceptors (Lipinski definition) is 4. The average Bonchev–Trinajstić information content (AvgIpc) is 3.11. The molecular weight excluding hydrogens is 292 g/mol. The number of benzene rings is 2. The molecule has 0 spiro atoms. The van der Waals surface area contributed by atoms with Crippen molar-refractivity contribution >= 4 is 11.9 Å². The Bertz CT molecular complexity index is 688. The highest BCUT2D eigenvalue weighted by molar-refractivity contribution is 5.95. The molecule has 118 valence electrons. The zero-order valence-corrected chi connectivity index (χ0v) is 12.7. The number of esters is 2. The molecule has 0 aliphatic heterocycles. The SMILES string of the molecule is O=C(Oc1ccccc1)c1ccccc1OC(=O)C1CCCC1. The maximum atomic E-state index is 12.3. The zero-order valence-electron chi connectivity index (χ0n) is 12.7. The van der Waals surface area contributed by atoms with Crippen molar-refractivity contribution in [2.45, 2.75) is 25.7 Å². The lowest BCUT2D eigenvalue weighted by Crippen LogP contribution is -2.20. The molecule has 0 atom stereocenters. The molecule has 0 N–H and O–H groups in total. The van der Waals surface area contributed by atoms with Gasteiger partial charge >= 0.3 is 11.9 Å². The molecule has 0 unspecified atom stereocenters. The van der Waals surface area contributed by atoms with Crippen LogP contribution in [0.2, 0.25) is 0 Å². The second kappa shape index (κ2) is 7.09. The quantitative estimate of drug-likeness (QED) is 0.632. The molecule has 2 aromatic carbocycles. The van der Waals surface area contributed by atoms with E-state index in [1.807, 2.05) is 6.07 Å². The fourth-order valence-corrected chi connectivity index (χ4v) is 2.73. The van der Waals surface area contributed by atoms with Gasteiger partial charge in [-0.2, -0.15) is 0 Å². The zero-order chi connectivity index (χ0) is 16.1. The van der Waals surface area contributed by atoms with Gasteiger partial charge in [-0.05, 0) is 37.1 Å². The molecule has 0 aromatic heterocycles. The van der Waals surface area contributed by atoms with E-state index in [-0.39, 0.29) is 23.2 Å². The Labute approximate surface area is 135 Å². The number of ether oxygens (including phenoxy) is 2. The van der Waals surface area contributed by atoms with Crippen LogP contribution in [0.1, 0.15) is 36.0 Å². The summed E-state index contributed by atoms with van der Waals surface area (Å²) in [5.74, 6) is -0.151. The van der Waals surface area contributed by atoms with Gasteiger partial charge in [0.1, 0.15) is 17.1 Å². The van der Waals surface area contributed by atoms with Crippen LogP contribution in [0, 0.1) is 5.92 Å². The predicted octanol–water partition coefficient (Wildman–Crippen LogP) is 4.00. The Balaban J connectivity index is 1.74. The molecular formula is C19H18O4. The first-order valence-electron chi connectivity index (χ1n) is 7.82. The van der Waals surface area contributed by atoms with Crippen LogP contribution < -0.4 is 9.47 Å². The van der Waals surface area contributed by atoms with Crippen LogP contribution in [0.25, 0.3) is 0 Å². The van der Waals surface area contributed by atoms with E-state index >= 15 is 0 Å². The van der Waals surface area contributed by atoms with Crippen LogP contribution in [0.5, 0.6) is 11.5 Å². The molecule has 3 rings (SSSR count). The van der Waals surface area contributed by atoms with Crippen molar-refractivity contribution in [3.8, 4) is 11.5 Å². The lowest BCUT2D eigenvalue weighted by Gasteiger charge is -2.12. The van der Waals surface area contributed by atoms with E-state index < -0.39 is 5.97 Å². The van der Waals surface area contributed by atoms with Crippen molar-refractivity contribution in [3.05, 3.63) is 60.2 Å². The van der Waals surface area contributed by atoms with E-state index in [4.69, 9.17) is 9.47 Å². The molecule has 0 radical (unpaired) electrons. The minimum Gasteiger partial charge on any atom is -0.425 e. The van der Waals surface area contributed by atoms with Crippen LogP contribution in [-0.4, -0.2) is 11.9 Å². The minimum atomic E-state index is -0.536. The van der Waals surface area contributed by atoms with E-state index in [9.17, 15) is 9.59 Å². The van der Waals surface area contributed by atoms with E-state index in [1.165, 1.54) is 0 Å². The van der Waals surface area contributed by atoms with E-state index in [1.54, 1.807) is 48.5 Å². The molecule has 2 aromatic rings. The van der Waals surface area contributed by atoms with Gasteiger partial charge in [-0.25, -0.2) is 4.79 Å². The topological polar surface area (TPSA) is 52.6 Å². The first-order valence-corrected chi connectivity index (χ1v) is 7.82. The Kier molecular flexibility index (Phi) is 4.71. The molecule has 4 heteroatoms. The molecule has 0 amide bonds. The third-order valence-electron chi connectivity index (χ3n) is 3.96. The normalized spacial score (nSPS) is 14.4. The van der Waals surface area contributed by atoms with Crippen molar-refractivity contribution in [2.75, 3.05) is 0 Å². The summed E-state index contributed by atoms with van der Waals surface area (Å²) in [7, 11) is 0. The standard InChI is InChI=1S/C19H18O4/c20-18(14-8-4-5-9-14)23-17-13-7-6-12-16(17)19(21)22-15-10-2-1-3-11-15/h1-3,6-7,10-14H,4-5,8-9H2. The largest absolute Gasteiger partial charge is 0.425 e. The lowest BCUT2D eigenvalue weighted by atomic mass is 10.1. The number of hydrogen-bond donors (Lipinski definition) is 0. The van der Waals surface area contributed by atoms with E-state index in [0.29, 0.717) is 5.75 Å². The van der Waals surface area contributed by atoms with Crippen LogP contribution in [0.4, 0.5) is 0 Å². The summed E-state index contributed by atoms with van der Waals surface area (Å²) in [5.41, 5.74) is 0.252. The Morgan fingerprint density at radius 2 is 1.48 bits per heavy atom. The fourth-order valence-electron chi connectivity index (χ4n) is 2.73. The van der Waals surface area contributed by atoms with E-state index in [2.05, 4.69) is 0 Å². The summed E-state index contributed by atoms with van der Waals surface area (Å²) in [6.45, 7) is 0. The van der Waals surface area contributed by atoms with Gasteiger partial charge in [0.2, 0.25) is 0 Å². The average molecular weight is 310 g/mol. The molecule has 0 saturated heterocycles. The molecule has 1 saturated carbocycles. The van der Waals surface area contributed by atoms with Crippen molar-refractivity contribution in [3.63, 3.8) is 0 Å². The molecule has 4 nitrogen and oxygen atoms in total. The highest BCUT2D eigenvalue weighted by Gasteiger charge is 2.26. The maximum absolute atomic E-state index is 12.3. The Morgan fingerprint density at radius 3 is 2.22 bits per heavy atom. The summed E-state index contributed by atoms with van der Waals surface area (Å²) in [4.78, 5) is 24.5.